The van der Waals surface area contributed by atoms with Crippen molar-refractivity contribution in [3.8, 4) is 17.1 Å². The normalized spacial score (nSPS) is 16.9. The number of hydrazine groups is 1. The number of nitrogens with one attached hydrogen (secondary N) is 3. The van der Waals surface area contributed by atoms with Crippen molar-refractivity contribution in [2.24, 2.45) is 0 Å². The van der Waals surface area contributed by atoms with Crippen molar-refractivity contribution in [2.45, 2.75) is 62.5 Å². The SMILES string of the molecule is C[C@@H](NC(=O)c1nn(-c2ccc(Cl)cc2)c2c1CS(=O)(=O)C/C2=C\c1ccc(F)cc1)c1ccccc1.C[C@@H](NC(=O)c1nn(-c2ccc(Cl)cc2)c2c1CSC/C2=C\c1ccc(F)cc1)c1ccccc1.O=C(NN1CCCCC1)c1nn(-c2ccc(Cl)cc2)c2c1CS(=O)C/C2=C\c1ccc(F)cc1. The average Bonchev–Trinajstić information content (AvgIpc) is 1.62. The fraction of sp³-hybridized carbons (Fsp3) is 0.185. The first kappa shape index (κ1) is 74.4. The third kappa shape index (κ3) is 17.8. The summed E-state index contributed by atoms with van der Waals surface area (Å²) >= 11 is 20.0. The van der Waals surface area contributed by atoms with Gasteiger partial charge in [-0.2, -0.15) is 27.1 Å². The maximum Gasteiger partial charge on any atom is 0.286 e. The second kappa shape index (κ2) is 33.3. The molecule has 1 fully saturated rings. The molecule has 3 amide bonds. The summed E-state index contributed by atoms with van der Waals surface area (Å²) in [5.74, 6) is -0.547. The van der Waals surface area contributed by atoms with Crippen LogP contribution < -0.4 is 16.1 Å². The lowest BCUT2D eigenvalue weighted by atomic mass is 10.0. The largest absolute Gasteiger partial charge is 0.344 e. The van der Waals surface area contributed by atoms with E-state index < -0.39 is 32.4 Å². The van der Waals surface area contributed by atoms with Gasteiger partial charge in [0.2, 0.25) is 0 Å². The molecular formula is C81H70Cl3F3N10O6S3. The highest BCUT2D eigenvalue weighted by atomic mass is 35.5. The molecule has 540 valence electrons. The van der Waals surface area contributed by atoms with E-state index in [1.807, 2.05) is 133 Å². The van der Waals surface area contributed by atoms with Crippen molar-refractivity contribution < 1.29 is 40.2 Å². The number of hydrogen-bond donors (Lipinski definition) is 3. The van der Waals surface area contributed by atoms with Gasteiger partial charge in [-0.05, 0) is 199 Å². The van der Waals surface area contributed by atoms with Crippen LogP contribution in [0.5, 0.6) is 0 Å². The van der Waals surface area contributed by atoms with Crippen LogP contribution in [0.2, 0.25) is 15.1 Å². The first-order valence-electron chi connectivity index (χ1n) is 34.1. The summed E-state index contributed by atoms with van der Waals surface area (Å²) in [5, 5.41) is 23.8. The van der Waals surface area contributed by atoms with E-state index in [9.17, 15) is 40.2 Å². The number of thioether (sulfide) groups is 1. The van der Waals surface area contributed by atoms with Gasteiger partial charge in [-0.3, -0.25) is 24.0 Å². The summed E-state index contributed by atoms with van der Waals surface area (Å²) in [7, 11) is -4.78. The Bertz CT molecular complexity index is 5290. The van der Waals surface area contributed by atoms with Gasteiger partial charge in [0.05, 0.1) is 69.2 Å². The number of benzene rings is 8. The predicted octanol–water partition coefficient (Wildman–Crippen LogP) is 17.2. The molecule has 3 atom stereocenters. The maximum absolute atomic E-state index is 13.5. The minimum absolute atomic E-state index is 0.0426. The second-order valence-electron chi connectivity index (χ2n) is 25.8. The van der Waals surface area contributed by atoms with Crippen LogP contribution in [-0.2, 0) is 37.9 Å². The first-order chi connectivity index (χ1) is 51.2. The van der Waals surface area contributed by atoms with E-state index in [2.05, 4.69) is 21.2 Å². The van der Waals surface area contributed by atoms with Crippen LogP contribution in [0.25, 0.3) is 52.0 Å². The van der Waals surface area contributed by atoms with Gasteiger partial charge < -0.3 is 10.6 Å². The molecule has 25 heteroatoms. The molecule has 0 saturated carbocycles. The van der Waals surface area contributed by atoms with E-state index >= 15 is 0 Å². The third-order valence-corrected chi connectivity index (χ3v) is 22.6. The van der Waals surface area contributed by atoms with Crippen molar-refractivity contribution in [3.63, 3.8) is 0 Å². The number of halogens is 6. The molecule has 7 heterocycles. The Morgan fingerprint density at radius 2 is 0.849 bits per heavy atom. The summed E-state index contributed by atoms with van der Waals surface area (Å²) < 4.78 is 84.3. The number of carbonyl (C=O) groups excluding carboxylic acids is 3. The monoisotopic (exact) mass is 1540 g/mol. The van der Waals surface area contributed by atoms with E-state index in [1.54, 1.807) is 100.0 Å². The van der Waals surface area contributed by atoms with Crippen LogP contribution in [0.4, 0.5) is 13.2 Å². The highest BCUT2D eigenvalue weighted by molar-refractivity contribution is 7.99. The molecule has 0 aliphatic carbocycles. The van der Waals surface area contributed by atoms with Crippen LogP contribution in [0.3, 0.4) is 0 Å². The quantitative estimate of drug-likeness (QED) is 0.0937. The number of carbonyl (C=O) groups is 3. The van der Waals surface area contributed by atoms with Crippen LogP contribution in [0, 0.1) is 17.5 Å². The number of hydrogen-bond acceptors (Lipinski definition) is 11. The highest BCUT2D eigenvalue weighted by Crippen LogP contribution is 2.40. The lowest BCUT2D eigenvalue weighted by Crippen LogP contribution is -2.45. The number of amides is 3. The second-order valence-corrected chi connectivity index (χ2v) is 31.6. The molecule has 8 aromatic carbocycles. The fourth-order valence-electron chi connectivity index (χ4n) is 13.0. The number of aromatic nitrogens is 6. The van der Waals surface area contributed by atoms with Crippen molar-refractivity contribution >= 4 is 120 Å². The Morgan fingerprint density at radius 3 is 1.29 bits per heavy atom. The molecule has 3 aromatic heterocycles. The van der Waals surface area contributed by atoms with Crippen molar-refractivity contribution in [1.29, 1.82) is 0 Å². The van der Waals surface area contributed by atoms with Crippen molar-refractivity contribution in [3.05, 3.63) is 317 Å². The molecule has 106 heavy (non-hydrogen) atoms. The Labute approximate surface area is 633 Å². The molecule has 4 aliphatic heterocycles. The molecule has 1 saturated heterocycles. The summed E-state index contributed by atoms with van der Waals surface area (Å²) in [6.45, 7) is 5.41. The number of piperidine rings is 1. The fourth-order valence-corrected chi connectivity index (χ4v) is 17.1. The molecule has 3 N–H and O–H groups in total. The Balaban J connectivity index is 0.000000141. The van der Waals surface area contributed by atoms with Crippen LogP contribution in [0.1, 0.15) is 138 Å². The zero-order valence-corrected chi connectivity index (χ0v) is 62.1. The van der Waals surface area contributed by atoms with E-state index in [-0.39, 0.29) is 64.2 Å². The van der Waals surface area contributed by atoms with Gasteiger partial charge in [0.1, 0.15) is 17.5 Å². The Kier molecular flexibility index (Phi) is 23.3. The lowest BCUT2D eigenvalue weighted by molar-refractivity contribution is 0.0743. The number of sulfone groups is 1. The minimum atomic E-state index is -3.58. The topological polar surface area (TPSA) is 195 Å². The standard InChI is InChI=1S/C28H23ClFN3O3S.C28H23ClFN3OS.C25H24ClFN4O2S/c1-18(20-5-3-2-4-6-20)31-28(34)26-25-17-37(35,36)16-21(15-19-7-11-23(30)12-8-19)27(25)33(32-26)24-13-9-22(29)10-14-24;1-18(20-5-3-2-4-6-20)31-28(34)26-25-17-35-16-21(15-19-7-11-23(30)12-8-19)27(25)33(32-26)24-13-9-22(29)10-14-24;26-19-6-10-21(11-7-19)31-24-18(14-17-4-8-20(27)9-5-17)15-34(33)16-22(24)23(28-31)25(32)29-30-12-2-1-3-13-30/h2-15,18H,16-17H2,1H3,(H,31,34);2-15,18H,16-17H2,1H3,(H,31,34);4-11,14H,1-3,12-13,15-16H2,(H,29,32)/b2*21-15+;18-14+/t2*18-;/m11./s1. The molecule has 15 rings (SSSR count). The zero-order chi connectivity index (χ0) is 74.2. The van der Waals surface area contributed by atoms with Gasteiger partial charge in [-0.15, -0.1) is 0 Å². The molecule has 11 aromatic rings. The van der Waals surface area contributed by atoms with E-state index in [0.717, 1.165) is 99.8 Å². The molecule has 0 bridgehead atoms. The van der Waals surface area contributed by atoms with Crippen molar-refractivity contribution in [2.75, 3.05) is 30.3 Å². The van der Waals surface area contributed by atoms with Gasteiger partial charge in [-0.1, -0.05) is 138 Å². The lowest BCUT2D eigenvalue weighted by Gasteiger charge is -2.26. The smallest absolute Gasteiger partial charge is 0.286 e. The van der Waals surface area contributed by atoms with Gasteiger partial charge in [0, 0.05) is 67.2 Å². The van der Waals surface area contributed by atoms with Gasteiger partial charge in [0.25, 0.3) is 17.7 Å². The third-order valence-electron chi connectivity index (χ3n) is 18.1. The summed E-state index contributed by atoms with van der Waals surface area (Å²) in [5.41, 5.74) is 16.5. The summed E-state index contributed by atoms with van der Waals surface area (Å²) in [6.07, 6.45) is 8.84. The van der Waals surface area contributed by atoms with Gasteiger partial charge in [0.15, 0.2) is 26.9 Å². The molecule has 0 radical (unpaired) electrons. The predicted molar refractivity (Wildman–Crippen MR) is 416 cm³/mol. The number of nitrogens with zero attached hydrogens (tertiary/aromatic N) is 7. The van der Waals surface area contributed by atoms with E-state index in [1.165, 1.54) is 36.4 Å². The van der Waals surface area contributed by atoms with Gasteiger partial charge >= 0.3 is 0 Å². The van der Waals surface area contributed by atoms with Crippen LogP contribution in [-0.4, -0.2) is 95.0 Å². The minimum Gasteiger partial charge on any atom is -0.344 e. The summed E-state index contributed by atoms with van der Waals surface area (Å²) in [6, 6.07) is 58.6. The highest BCUT2D eigenvalue weighted by Gasteiger charge is 2.37. The first-order valence-corrected chi connectivity index (χ1v) is 39.7. The molecular weight excluding hydrogens is 1470 g/mol. The van der Waals surface area contributed by atoms with E-state index in [4.69, 9.17) is 45.0 Å². The molecule has 1 unspecified atom stereocenters. The number of fused-ring (bicyclic) bond motifs is 3. The maximum atomic E-state index is 13.5. The zero-order valence-electron chi connectivity index (χ0n) is 57.4. The van der Waals surface area contributed by atoms with Crippen LogP contribution in [0.15, 0.2) is 206 Å². The molecule has 16 nitrogen and oxygen atoms in total. The van der Waals surface area contributed by atoms with Crippen molar-refractivity contribution in [1.82, 2.24) is 50.4 Å². The van der Waals surface area contributed by atoms with E-state index in [0.29, 0.717) is 65.9 Å². The van der Waals surface area contributed by atoms with Gasteiger partial charge in [-0.25, -0.2) is 40.6 Å². The Morgan fingerprint density at radius 1 is 0.462 bits per heavy atom. The number of rotatable bonds is 14. The molecule has 4 aliphatic rings. The summed E-state index contributed by atoms with van der Waals surface area (Å²) in [4.78, 5) is 40.2. The average molecular weight is 1540 g/mol. The van der Waals surface area contributed by atoms with Crippen LogP contribution >= 0.6 is 46.6 Å². The molecule has 0 spiro atoms. The Hall–Kier alpha value is -9.91.